The molecule has 0 radical (unpaired) electrons. The molecule has 11 heteroatoms. The summed E-state index contributed by atoms with van der Waals surface area (Å²) >= 11 is 0. The third-order valence-corrected chi connectivity index (χ3v) is 6.73. The number of rotatable bonds is 6. The second kappa shape index (κ2) is 11.5. The molecule has 0 saturated carbocycles. The summed E-state index contributed by atoms with van der Waals surface area (Å²) in [6.45, 7) is 10.6. The number of anilines is 1. The van der Waals surface area contributed by atoms with Gasteiger partial charge in [-0.25, -0.2) is 19.4 Å². The van der Waals surface area contributed by atoms with Crippen LogP contribution in [0, 0.1) is 6.92 Å². The summed E-state index contributed by atoms with van der Waals surface area (Å²) in [6.07, 6.45) is 2.44. The number of Topliss-reactive ketones (excluding diaryl/α,β-unsaturated/α-hetero) is 1. The molecule has 1 atom stereocenters. The zero-order valence-corrected chi connectivity index (χ0v) is 24.5. The summed E-state index contributed by atoms with van der Waals surface area (Å²) in [5.41, 5.74) is 1.82. The normalized spacial score (nSPS) is 15.0. The van der Waals surface area contributed by atoms with E-state index in [9.17, 15) is 19.2 Å². The number of nitrogens with zero attached hydrogens (tertiary/aromatic N) is 5. The first-order valence-corrected chi connectivity index (χ1v) is 13.5. The van der Waals surface area contributed by atoms with Gasteiger partial charge in [0.2, 0.25) is 5.91 Å². The Hall–Kier alpha value is -4.54. The van der Waals surface area contributed by atoms with Crippen molar-refractivity contribution in [1.82, 2.24) is 19.5 Å². The van der Waals surface area contributed by atoms with Crippen molar-refractivity contribution in [2.45, 2.75) is 66.0 Å². The molecule has 1 saturated heterocycles. The molecule has 11 nitrogen and oxygen atoms in total. The molecule has 3 aromatic rings. The third-order valence-electron chi connectivity index (χ3n) is 6.73. The Bertz CT molecular complexity index is 1490. The van der Waals surface area contributed by atoms with E-state index in [0.29, 0.717) is 47.8 Å². The van der Waals surface area contributed by atoms with Gasteiger partial charge in [-0.3, -0.25) is 24.3 Å². The molecular formula is C30H36N6O5. The zero-order valence-electron chi connectivity index (χ0n) is 24.5. The van der Waals surface area contributed by atoms with E-state index in [1.165, 1.54) is 23.5 Å². The number of likely N-dealkylation sites (tertiary alicyclic amines) is 1. The molecule has 0 bridgehead atoms. The first kappa shape index (κ1) is 29.4. The summed E-state index contributed by atoms with van der Waals surface area (Å²) in [5.74, 6) is -0.112. The Kier molecular flexibility index (Phi) is 8.27. The number of aryl methyl sites for hydroxylation is 1. The van der Waals surface area contributed by atoms with E-state index >= 15 is 0 Å². The van der Waals surface area contributed by atoms with Crippen molar-refractivity contribution in [2.75, 3.05) is 23.9 Å². The van der Waals surface area contributed by atoms with Crippen LogP contribution in [0.3, 0.4) is 0 Å². The van der Waals surface area contributed by atoms with Crippen LogP contribution in [-0.4, -0.2) is 62.4 Å². The van der Waals surface area contributed by atoms with E-state index in [2.05, 4.69) is 10.3 Å². The van der Waals surface area contributed by atoms with Crippen LogP contribution in [0.2, 0.25) is 0 Å². The van der Waals surface area contributed by atoms with Gasteiger partial charge in [-0.15, -0.1) is 0 Å². The predicted octanol–water partition coefficient (Wildman–Crippen LogP) is 4.89. The molecule has 216 valence electrons. The van der Waals surface area contributed by atoms with Gasteiger partial charge in [0.15, 0.2) is 11.6 Å². The number of carbonyl (C=O) groups excluding carboxylic acids is 4. The molecule has 1 N–H and O–H groups in total. The molecule has 1 fully saturated rings. The fourth-order valence-electron chi connectivity index (χ4n) is 4.75. The summed E-state index contributed by atoms with van der Waals surface area (Å²) in [5, 5.41) is 4.10. The minimum Gasteiger partial charge on any atom is -0.444 e. The summed E-state index contributed by atoms with van der Waals surface area (Å²) in [7, 11) is 1.56. The highest BCUT2D eigenvalue weighted by Gasteiger charge is 2.39. The predicted molar refractivity (Wildman–Crippen MR) is 154 cm³/mol. The maximum atomic E-state index is 13.1. The van der Waals surface area contributed by atoms with Crippen LogP contribution >= 0.6 is 0 Å². The van der Waals surface area contributed by atoms with E-state index < -0.39 is 17.7 Å². The van der Waals surface area contributed by atoms with E-state index in [1.54, 1.807) is 69.2 Å². The van der Waals surface area contributed by atoms with Crippen molar-refractivity contribution in [3.05, 3.63) is 65.2 Å². The van der Waals surface area contributed by atoms with Crippen molar-refractivity contribution < 1.29 is 23.9 Å². The molecule has 3 heterocycles. The lowest BCUT2D eigenvalue weighted by molar-refractivity contribution is -0.117. The summed E-state index contributed by atoms with van der Waals surface area (Å²) in [6, 6.07) is 9.79. The van der Waals surface area contributed by atoms with Crippen molar-refractivity contribution in [2.24, 2.45) is 0 Å². The highest BCUT2D eigenvalue weighted by atomic mass is 16.6. The number of aromatic nitrogens is 3. The number of amides is 3. The Morgan fingerprint density at radius 3 is 2.34 bits per heavy atom. The number of carbonyl (C=O) groups is 4. The third kappa shape index (κ3) is 6.45. The first-order valence-electron chi connectivity index (χ1n) is 13.5. The van der Waals surface area contributed by atoms with Gasteiger partial charge in [0.25, 0.3) is 5.91 Å². The van der Waals surface area contributed by atoms with Gasteiger partial charge >= 0.3 is 6.09 Å². The van der Waals surface area contributed by atoms with Gasteiger partial charge in [0, 0.05) is 44.8 Å². The van der Waals surface area contributed by atoms with E-state index in [-0.39, 0.29) is 23.3 Å². The minimum absolute atomic E-state index is 0.204. The van der Waals surface area contributed by atoms with Crippen LogP contribution < -0.4 is 10.3 Å². The SMILES string of the molecule is CC(=O)c1c(-c2ccc(C(=O)Nc3cc(C)ccn3)cc2)nc([C@@H]2CCCN2C(=O)OC(C)(C)C)n1N(C)C(C)=O. The topological polar surface area (TPSA) is 127 Å². The van der Waals surface area contributed by atoms with Crippen LogP contribution in [-0.2, 0) is 9.53 Å². The van der Waals surface area contributed by atoms with E-state index in [0.717, 1.165) is 5.56 Å². The van der Waals surface area contributed by atoms with Gasteiger partial charge in [0.1, 0.15) is 22.8 Å². The van der Waals surface area contributed by atoms with Crippen LogP contribution in [0.1, 0.15) is 85.7 Å². The van der Waals surface area contributed by atoms with Gasteiger partial charge in [-0.1, -0.05) is 12.1 Å². The molecule has 2 aromatic heterocycles. The summed E-state index contributed by atoms with van der Waals surface area (Å²) in [4.78, 5) is 62.1. The largest absolute Gasteiger partial charge is 0.444 e. The second-order valence-electron chi connectivity index (χ2n) is 11.2. The van der Waals surface area contributed by atoms with Crippen LogP contribution in [0.25, 0.3) is 11.3 Å². The monoisotopic (exact) mass is 560 g/mol. The number of nitrogens with one attached hydrogen (secondary N) is 1. The number of pyridine rings is 1. The molecule has 0 spiro atoms. The van der Waals surface area contributed by atoms with Gasteiger partial charge < -0.3 is 10.1 Å². The number of imidazole rings is 1. The van der Waals surface area contributed by atoms with E-state index in [1.807, 2.05) is 13.0 Å². The molecule has 1 aliphatic rings. The van der Waals surface area contributed by atoms with Gasteiger partial charge in [0.05, 0.1) is 6.04 Å². The average Bonchev–Trinajstić information content (AvgIpc) is 3.52. The summed E-state index contributed by atoms with van der Waals surface area (Å²) < 4.78 is 7.13. The van der Waals surface area contributed by atoms with Crippen molar-refractivity contribution in [1.29, 1.82) is 0 Å². The molecule has 1 aromatic carbocycles. The van der Waals surface area contributed by atoms with Crippen molar-refractivity contribution in [3.63, 3.8) is 0 Å². The molecule has 41 heavy (non-hydrogen) atoms. The Morgan fingerprint density at radius 2 is 1.76 bits per heavy atom. The lowest BCUT2D eigenvalue weighted by Crippen LogP contribution is -2.41. The number of hydrogen-bond donors (Lipinski definition) is 1. The average molecular weight is 561 g/mol. The standard InChI is InChI=1S/C30H36N6O5/c1-18-14-15-31-24(17-18)32-28(39)22-12-10-21(11-13-22)25-26(19(2)37)36(34(7)20(3)38)27(33-25)23-9-8-16-35(23)29(40)41-30(4,5)6/h10-15,17,23H,8-9,16H2,1-7H3,(H,31,32,39)/t23-/m0/s1. The van der Waals surface area contributed by atoms with Crippen LogP contribution in [0.5, 0.6) is 0 Å². The smallest absolute Gasteiger partial charge is 0.410 e. The number of ether oxygens (including phenoxy) is 1. The van der Waals surface area contributed by atoms with Crippen molar-refractivity contribution in [3.8, 4) is 11.3 Å². The molecular weight excluding hydrogens is 524 g/mol. The maximum Gasteiger partial charge on any atom is 0.410 e. The molecule has 4 rings (SSSR count). The molecule has 0 unspecified atom stereocenters. The number of ketones is 1. The minimum atomic E-state index is -0.686. The lowest BCUT2D eigenvalue weighted by Gasteiger charge is -2.30. The number of benzene rings is 1. The molecule has 3 amide bonds. The highest BCUT2D eigenvalue weighted by Crippen LogP contribution is 2.36. The van der Waals surface area contributed by atoms with Gasteiger partial charge in [-0.2, -0.15) is 0 Å². The van der Waals surface area contributed by atoms with E-state index in [4.69, 9.17) is 9.72 Å². The van der Waals surface area contributed by atoms with Crippen LogP contribution in [0.4, 0.5) is 10.6 Å². The van der Waals surface area contributed by atoms with Crippen molar-refractivity contribution >= 4 is 29.5 Å². The zero-order chi connectivity index (χ0) is 30.1. The Balaban J connectivity index is 1.75. The Labute approximate surface area is 239 Å². The van der Waals surface area contributed by atoms with Gasteiger partial charge in [-0.05, 0) is 70.4 Å². The molecule has 0 aliphatic carbocycles. The fraction of sp³-hybridized carbons (Fsp3) is 0.400. The van der Waals surface area contributed by atoms with Crippen LogP contribution in [0.15, 0.2) is 42.6 Å². The number of hydrogen-bond acceptors (Lipinski definition) is 7. The first-order chi connectivity index (χ1) is 19.3. The maximum absolute atomic E-state index is 13.1. The highest BCUT2D eigenvalue weighted by molar-refractivity contribution is 6.04. The quantitative estimate of drug-likeness (QED) is 0.425. The Morgan fingerprint density at radius 1 is 1.07 bits per heavy atom. The lowest BCUT2D eigenvalue weighted by atomic mass is 10.1. The molecule has 1 aliphatic heterocycles. The fourth-order valence-corrected chi connectivity index (χ4v) is 4.75. The second-order valence-corrected chi connectivity index (χ2v) is 11.2.